The summed E-state index contributed by atoms with van der Waals surface area (Å²) in [5.74, 6) is 7.31. The average molecular weight is 302 g/mol. The molecule has 6 fully saturated rings. The topological polar surface area (TPSA) is 67.9 Å². The molecular formula is C18H30N4. The van der Waals surface area contributed by atoms with Crippen molar-refractivity contribution in [2.24, 2.45) is 41.4 Å². The molecule has 4 saturated carbocycles. The molecule has 0 aromatic carbocycles. The second-order valence-corrected chi connectivity index (χ2v) is 9.40. The zero-order chi connectivity index (χ0) is 14.5. The molecule has 0 spiro atoms. The van der Waals surface area contributed by atoms with Crippen LogP contribution in [-0.2, 0) is 0 Å². The van der Waals surface area contributed by atoms with Crippen LogP contribution in [0.2, 0.25) is 0 Å². The molecule has 6 aliphatic rings. The Morgan fingerprint density at radius 1 is 0.818 bits per heavy atom. The van der Waals surface area contributed by atoms with Crippen LogP contribution in [0.3, 0.4) is 0 Å². The van der Waals surface area contributed by atoms with Crippen LogP contribution in [0.15, 0.2) is 0 Å². The van der Waals surface area contributed by atoms with Crippen molar-refractivity contribution >= 4 is 0 Å². The Balaban J connectivity index is 1.28. The van der Waals surface area contributed by atoms with Crippen molar-refractivity contribution in [3.63, 3.8) is 0 Å². The molecule has 4 N–H and O–H groups in total. The Morgan fingerprint density at radius 2 is 1.45 bits per heavy atom. The molecule has 0 aromatic rings. The van der Waals surface area contributed by atoms with Gasteiger partial charge in [-0.15, -0.1) is 0 Å². The zero-order valence-corrected chi connectivity index (χ0v) is 13.6. The third kappa shape index (κ3) is 1.78. The van der Waals surface area contributed by atoms with E-state index in [-0.39, 0.29) is 5.66 Å². The van der Waals surface area contributed by atoms with Crippen molar-refractivity contribution in [3.05, 3.63) is 0 Å². The highest BCUT2D eigenvalue weighted by Crippen LogP contribution is 2.69. The minimum absolute atomic E-state index is 0.120. The monoisotopic (exact) mass is 302 g/mol. The highest BCUT2D eigenvalue weighted by atomic mass is 15.4. The highest BCUT2D eigenvalue weighted by Gasteiger charge is 2.65. The van der Waals surface area contributed by atoms with E-state index in [0.717, 1.165) is 54.5 Å². The SMILES string of the molecule is CC(NC1CN1)(NC1CN1)C1CC2CC1C1C3CCC(C3)C21. The summed E-state index contributed by atoms with van der Waals surface area (Å²) in [7, 11) is 0. The van der Waals surface area contributed by atoms with Crippen molar-refractivity contribution in [3.8, 4) is 0 Å². The Kier molecular flexibility index (Phi) is 2.55. The lowest BCUT2D eigenvalue weighted by Gasteiger charge is -2.47. The number of fused-ring (bicyclic) bond motifs is 9. The summed E-state index contributed by atoms with van der Waals surface area (Å²) in [6.07, 6.45) is 8.81. The van der Waals surface area contributed by atoms with Crippen molar-refractivity contribution < 1.29 is 0 Å². The second kappa shape index (κ2) is 4.27. The predicted octanol–water partition coefficient (Wildman–Crippen LogP) is 1.06. The summed E-state index contributed by atoms with van der Waals surface area (Å²) >= 11 is 0. The molecule has 0 radical (unpaired) electrons. The van der Waals surface area contributed by atoms with Gasteiger partial charge in [-0.3, -0.25) is 21.3 Å². The van der Waals surface area contributed by atoms with Gasteiger partial charge in [0.15, 0.2) is 0 Å². The van der Waals surface area contributed by atoms with Crippen LogP contribution < -0.4 is 21.3 Å². The van der Waals surface area contributed by atoms with Gasteiger partial charge in [-0.05, 0) is 80.5 Å². The van der Waals surface area contributed by atoms with E-state index in [1.54, 1.807) is 25.7 Å². The van der Waals surface area contributed by atoms with Crippen LogP contribution in [0, 0.1) is 41.4 Å². The first-order valence-electron chi connectivity index (χ1n) is 9.73. The van der Waals surface area contributed by atoms with Gasteiger partial charge in [0, 0.05) is 13.1 Å². The molecule has 2 heterocycles. The third-order valence-corrected chi connectivity index (χ3v) is 8.24. The molecule has 2 aliphatic heterocycles. The van der Waals surface area contributed by atoms with E-state index in [1.165, 1.54) is 6.42 Å². The fourth-order valence-corrected chi connectivity index (χ4v) is 7.53. The highest BCUT2D eigenvalue weighted by molar-refractivity contribution is 5.15. The van der Waals surface area contributed by atoms with Crippen molar-refractivity contribution in [2.45, 2.75) is 57.0 Å². The first-order chi connectivity index (χ1) is 10.7. The summed E-state index contributed by atoms with van der Waals surface area (Å²) in [5.41, 5.74) is 0.120. The normalized spacial score (nSPS) is 59.6. The summed E-state index contributed by atoms with van der Waals surface area (Å²) in [6, 6.07) is 0. The quantitative estimate of drug-likeness (QED) is 0.348. The van der Waals surface area contributed by atoms with E-state index in [0.29, 0.717) is 12.3 Å². The van der Waals surface area contributed by atoms with Crippen LogP contribution in [0.25, 0.3) is 0 Å². The summed E-state index contributed by atoms with van der Waals surface area (Å²) in [4.78, 5) is 0. The van der Waals surface area contributed by atoms with Crippen molar-refractivity contribution in [1.82, 2.24) is 21.3 Å². The molecule has 4 nitrogen and oxygen atoms in total. The number of rotatable bonds is 5. The summed E-state index contributed by atoms with van der Waals surface area (Å²) in [6.45, 7) is 4.75. The lowest BCUT2D eigenvalue weighted by Crippen LogP contribution is -2.64. The van der Waals surface area contributed by atoms with Crippen LogP contribution in [0.4, 0.5) is 0 Å². The zero-order valence-electron chi connectivity index (χ0n) is 13.6. The minimum atomic E-state index is 0.120. The molecule has 6 rings (SSSR count). The molecule has 4 aliphatic carbocycles. The lowest BCUT2D eigenvalue weighted by atomic mass is 9.65. The Bertz CT molecular complexity index is 471. The van der Waals surface area contributed by atoms with Crippen LogP contribution >= 0.6 is 0 Å². The van der Waals surface area contributed by atoms with Crippen LogP contribution in [-0.4, -0.2) is 31.1 Å². The maximum Gasteiger partial charge on any atom is 0.0716 e. The van der Waals surface area contributed by atoms with Gasteiger partial charge >= 0.3 is 0 Å². The third-order valence-electron chi connectivity index (χ3n) is 8.24. The Morgan fingerprint density at radius 3 is 2.09 bits per heavy atom. The van der Waals surface area contributed by atoms with Gasteiger partial charge < -0.3 is 0 Å². The Hall–Kier alpha value is -0.160. The molecule has 0 amide bonds. The fraction of sp³-hybridized carbons (Fsp3) is 1.00. The molecule has 4 bridgehead atoms. The van der Waals surface area contributed by atoms with Gasteiger partial charge in [-0.2, -0.15) is 0 Å². The molecule has 2 saturated heterocycles. The number of nitrogens with one attached hydrogen (secondary N) is 4. The lowest BCUT2D eigenvalue weighted by molar-refractivity contribution is 0.0377. The maximum absolute atomic E-state index is 3.93. The van der Waals surface area contributed by atoms with E-state index in [9.17, 15) is 0 Å². The van der Waals surface area contributed by atoms with Gasteiger partial charge in [0.25, 0.3) is 0 Å². The molecule has 9 unspecified atom stereocenters. The smallest absolute Gasteiger partial charge is 0.0716 e. The van der Waals surface area contributed by atoms with Gasteiger partial charge in [0.05, 0.1) is 18.0 Å². The van der Waals surface area contributed by atoms with Gasteiger partial charge in [-0.25, -0.2) is 0 Å². The summed E-state index contributed by atoms with van der Waals surface area (Å²) in [5, 5.41) is 14.8. The van der Waals surface area contributed by atoms with E-state index in [4.69, 9.17) is 0 Å². The maximum atomic E-state index is 3.93. The first-order valence-corrected chi connectivity index (χ1v) is 9.73. The van der Waals surface area contributed by atoms with E-state index >= 15 is 0 Å². The van der Waals surface area contributed by atoms with E-state index in [1.807, 2.05) is 0 Å². The molecule has 122 valence electrons. The van der Waals surface area contributed by atoms with Crippen molar-refractivity contribution in [2.75, 3.05) is 13.1 Å². The van der Waals surface area contributed by atoms with Crippen molar-refractivity contribution in [1.29, 1.82) is 0 Å². The Labute approximate surface area is 133 Å². The van der Waals surface area contributed by atoms with E-state index in [2.05, 4.69) is 28.2 Å². The first kappa shape index (κ1) is 13.2. The van der Waals surface area contributed by atoms with Crippen LogP contribution in [0.1, 0.15) is 39.0 Å². The second-order valence-electron chi connectivity index (χ2n) is 9.40. The molecule has 22 heavy (non-hydrogen) atoms. The fourth-order valence-electron chi connectivity index (χ4n) is 7.53. The van der Waals surface area contributed by atoms with Gasteiger partial charge in [0.1, 0.15) is 0 Å². The van der Waals surface area contributed by atoms with E-state index < -0.39 is 0 Å². The number of hydrogen-bond donors (Lipinski definition) is 4. The molecule has 9 atom stereocenters. The van der Waals surface area contributed by atoms with Gasteiger partial charge in [-0.1, -0.05) is 0 Å². The standard InChI is InChI=1S/C18H30N4/c1-18(21-14-7-19-14,22-15-8-20-15)13-6-11-5-12(13)17-10-3-2-9(4-10)16(11)17/h9-17,19-22H,2-8H2,1H3. The summed E-state index contributed by atoms with van der Waals surface area (Å²) < 4.78 is 0. The van der Waals surface area contributed by atoms with Gasteiger partial charge in [0.2, 0.25) is 0 Å². The largest absolute Gasteiger partial charge is 0.298 e. The number of hydrogen-bond acceptors (Lipinski definition) is 4. The molecule has 0 aromatic heterocycles. The predicted molar refractivity (Wildman–Crippen MR) is 85.8 cm³/mol. The molecular weight excluding hydrogens is 272 g/mol. The minimum Gasteiger partial charge on any atom is -0.298 e. The average Bonchev–Trinajstić information content (AvgIpc) is 3.30. The van der Waals surface area contributed by atoms with Crippen LogP contribution in [0.5, 0.6) is 0 Å². The molecule has 4 heteroatoms.